The first kappa shape index (κ1) is 17.2. The van der Waals surface area contributed by atoms with Gasteiger partial charge < -0.3 is 15.5 Å². The lowest BCUT2D eigenvalue weighted by atomic mass is 9.93. The van der Waals surface area contributed by atoms with Crippen molar-refractivity contribution < 1.29 is 4.79 Å². The number of rotatable bonds is 5. The van der Waals surface area contributed by atoms with Gasteiger partial charge in [-0.1, -0.05) is 6.07 Å². The number of nitrogens with zero attached hydrogens (tertiary/aromatic N) is 2. The monoisotopic (exact) mass is 330 g/mol. The Bertz CT molecular complexity index is 575. The van der Waals surface area contributed by atoms with Gasteiger partial charge in [-0.2, -0.15) is 0 Å². The van der Waals surface area contributed by atoms with E-state index in [1.807, 2.05) is 11.9 Å². The number of amides is 1. The highest BCUT2D eigenvalue weighted by molar-refractivity contribution is 5.84. The summed E-state index contributed by atoms with van der Waals surface area (Å²) >= 11 is 0. The van der Waals surface area contributed by atoms with Gasteiger partial charge in [0.2, 0.25) is 6.41 Å². The Morgan fingerprint density at radius 3 is 2.71 bits per heavy atom. The molecule has 0 aromatic heterocycles. The fraction of sp³-hybridized carbons (Fsp3) is 0.632. The van der Waals surface area contributed by atoms with Gasteiger partial charge in [0, 0.05) is 38.3 Å². The van der Waals surface area contributed by atoms with E-state index in [1.54, 1.807) is 0 Å². The van der Waals surface area contributed by atoms with E-state index in [1.165, 1.54) is 12.0 Å². The molecule has 2 saturated heterocycles. The number of carbonyl (C=O) groups excluding carboxylic acids is 1. The molecule has 0 bridgehead atoms. The maximum atomic E-state index is 11.9. The lowest BCUT2D eigenvalue weighted by Crippen LogP contribution is -2.54. The van der Waals surface area contributed by atoms with Crippen molar-refractivity contribution in [1.29, 1.82) is 0 Å². The van der Waals surface area contributed by atoms with Gasteiger partial charge in [-0.25, -0.2) is 0 Å². The molecule has 1 unspecified atom stereocenters. The molecule has 24 heavy (non-hydrogen) atoms. The molecular formula is C19H30N4O. The standard InChI is InChI=1S/C19H30N4O/c1-15-4-5-17(20-3)18(12-15)23(14-24)16-6-10-22(11-7-16)19(2)8-9-21-13-19/h4-5,12,14,16,20-21H,6-11,13H2,1-3H3. The molecule has 1 aromatic rings. The smallest absolute Gasteiger partial charge is 0.214 e. The zero-order valence-electron chi connectivity index (χ0n) is 15.1. The second kappa shape index (κ2) is 7.11. The van der Waals surface area contributed by atoms with E-state index >= 15 is 0 Å². The summed E-state index contributed by atoms with van der Waals surface area (Å²) in [5.41, 5.74) is 3.48. The lowest BCUT2D eigenvalue weighted by Gasteiger charge is -2.44. The van der Waals surface area contributed by atoms with Gasteiger partial charge in [0.1, 0.15) is 0 Å². The molecule has 0 radical (unpaired) electrons. The SMILES string of the molecule is CNc1ccc(C)cc1N(C=O)C1CCN(C2(C)CCNC2)CC1. The largest absolute Gasteiger partial charge is 0.386 e. The van der Waals surface area contributed by atoms with Gasteiger partial charge >= 0.3 is 0 Å². The number of anilines is 2. The van der Waals surface area contributed by atoms with Gasteiger partial charge in [-0.3, -0.25) is 9.69 Å². The van der Waals surface area contributed by atoms with Gasteiger partial charge in [0.25, 0.3) is 0 Å². The zero-order chi connectivity index (χ0) is 17.2. The van der Waals surface area contributed by atoms with E-state index in [2.05, 4.69) is 47.6 Å². The Morgan fingerprint density at radius 1 is 1.38 bits per heavy atom. The molecule has 2 aliphatic rings. The van der Waals surface area contributed by atoms with Crippen LogP contribution in [0.2, 0.25) is 0 Å². The number of piperidine rings is 1. The second-order valence-corrected chi connectivity index (χ2v) is 7.43. The first-order valence-electron chi connectivity index (χ1n) is 9.05. The lowest BCUT2D eigenvalue weighted by molar-refractivity contribution is -0.108. The van der Waals surface area contributed by atoms with Crippen LogP contribution in [0.15, 0.2) is 18.2 Å². The summed E-state index contributed by atoms with van der Waals surface area (Å²) < 4.78 is 0. The van der Waals surface area contributed by atoms with E-state index < -0.39 is 0 Å². The first-order valence-corrected chi connectivity index (χ1v) is 9.05. The fourth-order valence-corrected chi connectivity index (χ4v) is 4.16. The average Bonchev–Trinajstić information content (AvgIpc) is 3.04. The maximum absolute atomic E-state index is 11.9. The normalized spacial score (nSPS) is 25.6. The summed E-state index contributed by atoms with van der Waals surface area (Å²) in [5, 5.41) is 6.70. The number of carbonyl (C=O) groups is 1. The minimum Gasteiger partial charge on any atom is -0.386 e. The Kier molecular flexibility index (Phi) is 5.11. The average molecular weight is 330 g/mol. The highest BCUT2D eigenvalue weighted by Crippen LogP contribution is 2.32. The summed E-state index contributed by atoms with van der Waals surface area (Å²) in [7, 11) is 1.91. The molecule has 1 aromatic carbocycles. The number of likely N-dealkylation sites (tertiary alicyclic amines) is 1. The second-order valence-electron chi connectivity index (χ2n) is 7.43. The van der Waals surface area contributed by atoms with E-state index in [-0.39, 0.29) is 11.6 Å². The van der Waals surface area contributed by atoms with E-state index in [0.717, 1.165) is 56.8 Å². The van der Waals surface area contributed by atoms with Crippen molar-refractivity contribution in [1.82, 2.24) is 10.2 Å². The van der Waals surface area contributed by atoms with Crippen LogP contribution in [0.25, 0.3) is 0 Å². The first-order chi connectivity index (χ1) is 11.6. The minimum absolute atomic E-state index is 0.283. The van der Waals surface area contributed by atoms with Crippen LogP contribution in [-0.2, 0) is 4.79 Å². The molecule has 1 amide bonds. The van der Waals surface area contributed by atoms with E-state index in [4.69, 9.17) is 0 Å². The van der Waals surface area contributed by atoms with Crippen molar-refractivity contribution in [3.63, 3.8) is 0 Å². The van der Waals surface area contributed by atoms with Crippen LogP contribution in [0.5, 0.6) is 0 Å². The van der Waals surface area contributed by atoms with Crippen molar-refractivity contribution >= 4 is 17.8 Å². The van der Waals surface area contributed by atoms with Crippen molar-refractivity contribution in [2.45, 2.75) is 44.7 Å². The topological polar surface area (TPSA) is 47.6 Å². The van der Waals surface area contributed by atoms with Gasteiger partial charge in [0.15, 0.2) is 0 Å². The summed E-state index contributed by atoms with van der Waals surface area (Å²) in [6.07, 6.45) is 4.29. The number of benzene rings is 1. The maximum Gasteiger partial charge on any atom is 0.214 e. The van der Waals surface area contributed by atoms with Gasteiger partial charge in [0.05, 0.1) is 11.4 Å². The summed E-state index contributed by atoms with van der Waals surface area (Å²) in [4.78, 5) is 16.4. The molecule has 2 N–H and O–H groups in total. The van der Waals surface area contributed by atoms with E-state index in [9.17, 15) is 4.79 Å². The Balaban J connectivity index is 1.72. The molecule has 5 heteroatoms. The third-order valence-electron chi connectivity index (χ3n) is 5.78. The molecule has 1 atom stereocenters. The van der Waals surface area contributed by atoms with Crippen molar-refractivity contribution in [3.8, 4) is 0 Å². The quantitative estimate of drug-likeness (QED) is 0.813. The van der Waals surface area contributed by atoms with E-state index in [0.29, 0.717) is 0 Å². The number of hydrogen-bond acceptors (Lipinski definition) is 4. The van der Waals surface area contributed by atoms with Crippen LogP contribution in [0.3, 0.4) is 0 Å². The van der Waals surface area contributed by atoms with Crippen LogP contribution in [0, 0.1) is 6.92 Å². The van der Waals surface area contributed by atoms with Crippen LogP contribution >= 0.6 is 0 Å². The molecule has 0 saturated carbocycles. The third kappa shape index (κ3) is 3.28. The molecule has 3 rings (SSSR count). The van der Waals surface area contributed by atoms with Crippen LogP contribution < -0.4 is 15.5 Å². The zero-order valence-corrected chi connectivity index (χ0v) is 15.1. The number of aryl methyl sites for hydroxylation is 1. The third-order valence-corrected chi connectivity index (χ3v) is 5.78. The molecule has 2 aliphatic heterocycles. The predicted molar refractivity (Wildman–Crippen MR) is 99.8 cm³/mol. The molecule has 2 heterocycles. The highest BCUT2D eigenvalue weighted by atomic mass is 16.1. The Labute approximate surface area is 145 Å². The van der Waals surface area contributed by atoms with Crippen molar-refractivity contribution in [2.75, 3.05) is 43.4 Å². The van der Waals surface area contributed by atoms with Crippen LogP contribution in [-0.4, -0.2) is 56.1 Å². The van der Waals surface area contributed by atoms with Gasteiger partial charge in [-0.15, -0.1) is 0 Å². The Morgan fingerprint density at radius 2 is 2.12 bits per heavy atom. The Hall–Kier alpha value is -1.59. The number of hydrogen-bond donors (Lipinski definition) is 2. The molecule has 132 valence electrons. The summed E-state index contributed by atoms with van der Waals surface area (Å²) in [6.45, 7) is 8.76. The molecule has 0 aliphatic carbocycles. The minimum atomic E-state index is 0.283. The summed E-state index contributed by atoms with van der Waals surface area (Å²) in [6, 6.07) is 6.52. The van der Waals surface area contributed by atoms with Crippen molar-refractivity contribution in [2.24, 2.45) is 0 Å². The van der Waals surface area contributed by atoms with Crippen molar-refractivity contribution in [3.05, 3.63) is 23.8 Å². The highest BCUT2D eigenvalue weighted by Gasteiger charge is 2.38. The fourth-order valence-electron chi connectivity index (χ4n) is 4.16. The molecular weight excluding hydrogens is 300 g/mol. The molecule has 2 fully saturated rings. The molecule has 5 nitrogen and oxygen atoms in total. The van der Waals surface area contributed by atoms with Crippen LogP contribution in [0.1, 0.15) is 31.7 Å². The number of nitrogens with one attached hydrogen (secondary N) is 2. The van der Waals surface area contributed by atoms with Crippen LogP contribution in [0.4, 0.5) is 11.4 Å². The molecule has 0 spiro atoms. The predicted octanol–water partition coefficient (Wildman–Crippen LogP) is 2.22. The van der Waals surface area contributed by atoms with Gasteiger partial charge in [-0.05, 0) is 57.4 Å². The summed E-state index contributed by atoms with van der Waals surface area (Å²) in [5.74, 6) is 0.